The monoisotopic (exact) mass is 319 g/mol. The standard InChI is InChI=1S/C22H25NO/c1-15(2)7-6-8-16(3)11-12-19-21(24)14-13-18-17-9-4-5-10-20(17)23-22(18)19/h4-5,7,9-11,13-14,23-24H,6,8,12H2,1-3H3/b16-11+. The number of allylic oxidation sites excluding steroid dienone is 4. The Morgan fingerprint density at radius 2 is 1.79 bits per heavy atom. The second-order valence-corrected chi connectivity index (χ2v) is 6.73. The molecule has 0 saturated carbocycles. The first-order chi connectivity index (χ1) is 11.6. The van der Waals surface area contributed by atoms with E-state index in [2.05, 4.69) is 56.1 Å². The molecule has 124 valence electrons. The van der Waals surface area contributed by atoms with E-state index in [-0.39, 0.29) is 0 Å². The third kappa shape index (κ3) is 3.38. The first kappa shape index (κ1) is 16.4. The molecule has 0 spiro atoms. The van der Waals surface area contributed by atoms with E-state index in [0.717, 1.165) is 35.9 Å². The Bertz CT molecular complexity index is 924. The third-order valence-corrected chi connectivity index (χ3v) is 4.51. The molecule has 1 heterocycles. The van der Waals surface area contributed by atoms with Gasteiger partial charge in [-0.1, -0.05) is 41.5 Å². The molecule has 2 N–H and O–H groups in total. The molecule has 0 aliphatic rings. The summed E-state index contributed by atoms with van der Waals surface area (Å²) in [5, 5.41) is 12.7. The Kier molecular flexibility index (Phi) is 4.75. The minimum absolute atomic E-state index is 0.363. The van der Waals surface area contributed by atoms with Gasteiger partial charge in [0.25, 0.3) is 0 Å². The van der Waals surface area contributed by atoms with E-state index in [0.29, 0.717) is 5.75 Å². The summed E-state index contributed by atoms with van der Waals surface area (Å²) in [5.41, 5.74) is 5.86. The predicted molar refractivity (Wildman–Crippen MR) is 104 cm³/mol. The largest absolute Gasteiger partial charge is 0.508 e. The fourth-order valence-corrected chi connectivity index (χ4v) is 3.14. The highest BCUT2D eigenvalue weighted by atomic mass is 16.3. The summed E-state index contributed by atoms with van der Waals surface area (Å²) < 4.78 is 0. The van der Waals surface area contributed by atoms with Gasteiger partial charge < -0.3 is 10.1 Å². The zero-order valence-electron chi connectivity index (χ0n) is 14.7. The lowest BCUT2D eigenvalue weighted by Gasteiger charge is -2.05. The molecule has 0 saturated heterocycles. The molecule has 2 nitrogen and oxygen atoms in total. The average molecular weight is 319 g/mol. The number of benzene rings is 2. The van der Waals surface area contributed by atoms with Gasteiger partial charge in [-0.25, -0.2) is 0 Å². The minimum Gasteiger partial charge on any atom is -0.508 e. The van der Waals surface area contributed by atoms with Crippen molar-refractivity contribution in [2.75, 3.05) is 0 Å². The van der Waals surface area contributed by atoms with Crippen LogP contribution in [0.3, 0.4) is 0 Å². The van der Waals surface area contributed by atoms with Crippen LogP contribution in [0.4, 0.5) is 0 Å². The van der Waals surface area contributed by atoms with Gasteiger partial charge in [-0.15, -0.1) is 0 Å². The molecule has 0 aliphatic carbocycles. The summed E-state index contributed by atoms with van der Waals surface area (Å²) >= 11 is 0. The van der Waals surface area contributed by atoms with Crippen LogP contribution >= 0.6 is 0 Å². The number of nitrogens with one attached hydrogen (secondary N) is 1. The second-order valence-electron chi connectivity index (χ2n) is 6.73. The summed E-state index contributed by atoms with van der Waals surface area (Å²) in [4.78, 5) is 3.47. The number of aromatic hydroxyl groups is 1. The Balaban J connectivity index is 1.91. The summed E-state index contributed by atoms with van der Waals surface area (Å²) in [7, 11) is 0. The number of H-pyrrole nitrogens is 1. The molecule has 0 atom stereocenters. The molecule has 0 radical (unpaired) electrons. The van der Waals surface area contributed by atoms with E-state index in [1.165, 1.54) is 21.9 Å². The van der Waals surface area contributed by atoms with Gasteiger partial charge in [0, 0.05) is 21.9 Å². The van der Waals surface area contributed by atoms with Crippen LogP contribution in [0, 0.1) is 0 Å². The maximum absolute atomic E-state index is 10.3. The fourth-order valence-electron chi connectivity index (χ4n) is 3.14. The van der Waals surface area contributed by atoms with Crippen LogP contribution in [0.25, 0.3) is 21.8 Å². The molecule has 2 heteroatoms. The van der Waals surface area contributed by atoms with Crippen molar-refractivity contribution < 1.29 is 5.11 Å². The molecule has 0 aliphatic heterocycles. The first-order valence-electron chi connectivity index (χ1n) is 8.56. The molecule has 2 aromatic carbocycles. The number of aromatic nitrogens is 1. The molecule has 0 amide bonds. The van der Waals surface area contributed by atoms with Gasteiger partial charge in [0.2, 0.25) is 0 Å². The lowest BCUT2D eigenvalue weighted by Crippen LogP contribution is -1.87. The molecule has 1 aromatic heterocycles. The number of phenolic OH excluding ortho intramolecular Hbond substituents is 1. The Morgan fingerprint density at radius 3 is 2.58 bits per heavy atom. The van der Waals surface area contributed by atoms with Crippen LogP contribution in [-0.4, -0.2) is 10.1 Å². The molecule has 0 bridgehead atoms. The van der Waals surface area contributed by atoms with Crippen molar-refractivity contribution in [1.29, 1.82) is 0 Å². The van der Waals surface area contributed by atoms with Gasteiger partial charge in [0.1, 0.15) is 5.75 Å². The van der Waals surface area contributed by atoms with Gasteiger partial charge in [-0.2, -0.15) is 0 Å². The van der Waals surface area contributed by atoms with E-state index >= 15 is 0 Å². The molecule has 3 rings (SSSR count). The van der Waals surface area contributed by atoms with Crippen LogP contribution in [-0.2, 0) is 6.42 Å². The van der Waals surface area contributed by atoms with Crippen LogP contribution in [0.5, 0.6) is 5.75 Å². The van der Waals surface area contributed by atoms with E-state index in [1.54, 1.807) is 0 Å². The molecule has 0 unspecified atom stereocenters. The van der Waals surface area contributed by atoms with Crippen molar-refractivity contribution in [1.82, 2.24) is 4.98 Å². The van der Waals surface area contributed by atoms with Crippen molar-refractivity contribution in [3.63, 3.8) is 0 Å². The van der Waals surface area contributed by atoms with E-state index in [1.807, 2.05) is 18.2 Å². The summed E-state index contributed by atoms with van der Waals surface area (Å²) in [6, 6.07) is 12.1. The number of hydrogen-bond donors (Lipinski definition) is 2. The highest BCUT2D eigenvalue weighted by molar-refractivity contribution is 6.08. The Hall–Kier alpha value is -2.48. The highest BCUT2D eigenvalue weighted by Crippen LogP contribution is 2.33. The number of fused-ring (bicyclic) bond motifs is 3. The maximum atomic E-state index is 10.3. The zero-order chi connectivity index (χ0) is 17.1. The van der Waals surface area contributed by atoms with Crippen LogP contribution in [0.1, 0.15) is 39.2 Å². The summed E-state index contributed by atoms with van der Waals surface area (Å²) in [6.45, 7) is 6.43. The molecule has 3 aromatic rings. The lowest BCUT2D eigenvalue weighted by molar-refractivity contribution is 0.470. The smallest absolute Gasteiger partial charge is 0.121 e. The van der Waals surface area contributed by atoms with Gasteiger partial charge >= 0.3 is 0 Å². The molecular weight excluding hydrogens is 294 g/mol. The first-order valence-corrected chi connectivity index (χ1v) is 8.56. The van der Waals surface area contributed by atoms with Crippen LogP contribution in [0.2, 0.25) is 0 Å². The quantitative estimate of drug-likeness (QED) is 0.535. The highest BCUT2D eigenvalue weighted by Gasteiger charge is 2.11. The summed E-state index contributed by atoms with van der Waals surface area (Å²) in [6.07, 6.45) is 7.39. The number of hydrogen-bond acceptors (Lipinski definition) is 1. The fraction of sp³-hybridized carbons (Fsp3) is 0.273. The van der Waals surface area contributed by atoms with Crippen molar-refractivity contribution in [2.45, 2.75) is 40.0 Å². The number of para-hydroxylation sites is 1. The molecule has 24 heavy (non-hydrogen) atoms. The van der Waals surface area contributed by atoms with Crippen LogP contribution < -0.4 is 0 Å². The number of aromatic amines is 1. The van der Waals surface area contributed by atoms with Gasteiger partial charge in [-0.3, -0.25) is 0 Å². The van der Waals surface area contributed by atoms with Gasteiger partial charge in [0.15, 0.2) is 0 Å². The zero-order valence-corrected chi connectivity index (χ0v) is 14.7. The van der Waals surface area contributed by atoms with Crippen molar-refractivity contribution >= 4 is 21.8 Å². The molecule has 0 fully saturated rings. The van der Waals surface area contributed by atoms with Crippen molar-refractivity contribution in [3.05, 3.63) is 65.3 Å². The van der Waals surface area contributed by atoms with Crippen molar-refractivity contribution in [3.8, 4) is 5.75 Å². The number of phenols is 1. The summed E-state index contributed by atoms with van der Waals surface area (Å²) in [5.74, 6) is 0.363. The number of rotatable bonds is 5. The van der Waals surface area contributed by atoms with Crippen LogP contribution in [0.15, 0.2) is 59.7 Å². The predicted octanol–water partition coefficient (Wildman–Crippen LogP) is 6.26. The van der Waals surface area contributed by atoms with Gasteiger partial charge in [-0.05, 0) is 58.2 Å². The maximum Gasteiger partial charge on any atom is 0.121 e. The normalized spacial score (nSPS) is 12.0. The lowest BCUT2D eigenvalue weighted by atomic mass is 10.0. The van der Waals surface area contributed by atoms with E-state index in [9.17, 15) is 5.11 Å². The SMILES string of the molecule is CC(C)=CCC/C(C)=C/Cc1c(O)ccc2c1[nH]c1ccccc12. The Morgan fingerprint density at radius 1 is 1.00 bits per heavy atom. The average Bonchev–Trinajstić information content (AvgIpc) is 2.92. The Labute approximate surface area is 143 Å². The molecular formula is C22H25NO. The minimum atomic E-state index is 0.363. The van der Waals surface area contributed by atoms with Crippen molar-refractivity contribution in [2.24, 2.45) is 0 Å². The van der Waals surface area contributed by atoms with E-state index in [4.69, 9.17) is 0 Å². The van der Waals surface area contributed by atoms with Gasteiger partial charge in [0.05, 0.1) is 5.52 Å². The third-order valence-electron chi connectivity index (χ3n) is 4.51. The van der Waals surface area contributed by atoms with E-state index < -0.39 is 0 Å². The topological polar surface area (TPSA) is 36.0 Å². The second kappa shape index (κ2) is 6.96.